The first-order valence-electron chi connectivity index (χ1n) is 7.88. The van der Waals surface area contributed by atoms with Crippen LogP contribution in [0.15, 0.2) is 59.3 Å². The number of nitrogens with zero attached hydrogens (tertiary/aromatic N) is 2. The molecule has 3 aromatic rings. The van der Waals surface area contributed by atoms with Gasteiger partial charge in [0.15, 0.2) is 0 Å². The van der Waals surface area contributed by atoms with E-state index < -0.39 is 0 Å². The van der Waals surface area contributed by atoms with Crippen molar-refractivity contribution in [1.29, 1.82) is 0 Å². The van der Waals surface area contributed by atoms with Crippen molar-refractivity contribution in [1.82, 2.24) is 14.9 Å². The summed E-state index contributed by atoms with van der Waals surface area (Å²) < 4.78 is 2.59. The van der Waals surface area contributed by atoms with Crippen LogP contribution in [0.25, 0.3) is 5.52 Å². The van der Waals surface area contributed by atoms with E-state index in [4.69, 9.17) is 5.73 Å². The minimum atomic E-state index is -0.100. The first-order valence-corrected chi connectivity index (χ1v) is 8.67. The third-order valence-corrected chi connectivity index (χ3v) is 4.55. The predicted molar refractivity (Wildman–Crippen MR) is 97.8 cm³/mol. The van der Waals surface area contributed by atoms with Crippen LogP contribution in [0.4, 0.5) is 0 Å². The van der Waals surface area contributed by atoms with Gasteiger partial charge in [0.25, 0.3) is 5.91 Å². The van der Waals surface area contributed by atoms with Gasteiger partial charge >= 0.3 is 0 Å². The Morgan fingerprint density at radius 2 is 2.08 bits per heavy atom. The van der Waals surface area contributed by atoms with Gasteiger partial charge < -0.3 is 11.1 Å². The predicted octanol–water partition coefficient (Wildman–Crippen LogP) is 3.31. The van der Waals surface area contributed by atoms with E-state index in [0.29, 0.717) is 12.1 Å². The highest BCUT2D eigenvalue weighted by Gasteiger charge is 2.16. The standard InChI is InChI=1S/C18H19BrN4O/c19-15-12-21-23-10-8-14(11-17(15)23)18(24)22-16(7-4-9-20)13-5-2-1-3-6-13/h1-3,5-6,8,10-12,16H,4,7,9,20H2,(H,22,24). The molecule has 3 N–H and O–H groups in total. The van der Waals surface area contributed by atoms with E-state index in [1.165, 1.54) is 0 Å². The molecule has 5 nitrogen and oxygen atoms in total. The number of aromatic nitrogens is 2. The zero-order valence-electron chi connectivity index (χ0n) is 13.2. The molecule has 2 heterocycles. The van der Waals surface area contributed by atoms with Crippen LogP contribution in [0, 0.1) is 0 Å². The van der Waals surface area contributed by atoms with Crippen molar-refractivity contribution in [2.75, 3.05) is 6.54 Å². The number of pyridine rings is 1. The molecular formula is C18H19BrN4O. The molecule has 0 aliphatic carbocycles. The lowest BCUT2D eigenvalue weighted by molar-refractivity contribution is 0.0934. The maximum absolute atomic E-state index is 12.7. The van der Waals surface area contributed by atoms with E-state index in [-0.39, 0.29) is 11.9 Å². The van der Waals surface area contributed by atoms with Crippen LogP contribution in [-0.2, 0) is 0 Å². The molecule has 6 heteroatoms. The maximum atomic E-state index is 12.7. The second-order valence-corrected chi connectivity index (χ2v) is 6.46. The number of rotatable bonds is 6. The Morgan fingerprint density at radius 1 is 1.29 bits per heavy atom. The summed E-state index contributed by atoms with van der Waals surface area (Å²) in [5.74, 6) is -0.100. The molecule has 0 spiro atoms. The third kappa shape index (κ3) is 3.66. The number of carbonyl (C=O) groups excluding carboxylic acids is 1. The summed E-state index contributed by atoms with van der Waals surface area (Å²) in [6.45, 7) is 0.605. The van der Waals surface area contributed by atoms with Gasteiger partial charge in [0.1, 0.15) is 0 Å². The number of hydrogen-bond acceptors (Lipinski definition) is 3. The minimum Gasteiger partial charge on any atom is -0.345 e. The van der Waals surface area contributed by atoms with Gasteiger partial charge in [-0.25, -0.2) is 4.52 Å². The normalized spacial score (nSPS) is 12.2. The number of amides is 1. The van der Waals surface area contributed by atoms with Crippen LogP contribution in [0.1, 0.15) is 34.8 Å². The van der Waals surface area contributed by atoms with E-state index in [0.717, 1.165) is 28.4 Å². The van der Waals surface area contributed by atoms with Crippen molar-refractivity contribution < 1.29 is 4.79 Å². The Bertz CT molecular complexity index is 831. The number of fused-ring (bicyclic) bond motifs is 1. The molecule has 0 fully saturated rings. The quantitative estimate of drug-likeness (QED) is 0.682. The van der Waals surface area contributed by atoms with Crippen molar-refractivity contribution in [3.8, 4) is 0 Å². The van der Waals surface area contributed by atoms with Gasteiger partial charge in [-0.1, -0.05) is 30.3 Å². The Labute approximate surface area is 149 Å². The highest BCUT2D eigenvalue weighted by molar-refractivity contribution is 9.10. The van der Waals surface area contributed by atoms with Crippen LogP contribution in [0.5, 0.6) is 0 Å². The highest BCUT2D eigenvalue weighted by Crippen LogP contribution is 2.21. The van der Waals surface area contributed by atoms with Gasteiger partial charge in [-0.15, -0.1) is 0 Å². The number of carbonyl (C=O) groups is 1. The summed E-state index contributed by atoms with van der Waals surface area (Å²) in [4.78, 5) is 12.7. The molecule has 0 radical (unpaired) electrons. The zero-order chi connectivity index (χ0) is 16.9. The summed E-state index contributed by atoms with van der Waals surface area (Å²) in [5.41, 5.74) is 8.20. The number of benzene rings is 1. The number of nitrogens with one attached hydrogen (secondary N) is 1. The minimum absolute atomic E-state index is 0.0492. The molecule has 0 aliphatic rings. The lowest BCUT2D eigenvalue weighted by Crippen LogP contribution is -2.29. The van der Waals surface area contributed by atoms with Gasteiger partial charge in [-0.3, -0.25) is 4.79 Å². The van der Waals surface area contributed by atoms with Crippen molar-refractivity contribution >= 4 is 27.4 Å². The van der Waals surface area contributed by atoms with Gasteiger partial charge in [-0.05, 0) is 53.0 Å². The van der Waals surface area contributed by atoms with E-state index in [2.05, 4.69) is 26.3 Å². The summed E-state index contributed by atoms with van der Waals surface area (Å²) in [5, 5.41) is 7.31. The van der Waals surface area contributed by atoms with E-state index in [1.54, 1.807) is 23.0 Å². The Balaban J connectivity index is 1.82. The fourth-order valence-electron chi connectivity index (χ4n) is 2.66. The van der Waals surface area contributed by atoms with E-state index in [1.807, 2.05) is 36.4 Å². The summed E-state index contributed by atoms with van der Waals surface area (Å²) in [7, 11) is 0. The van der Waals surface area contributed by atoms with Crippen molar-refractivity contribution in [2.24, 2.45) is 5.73 Å². The smallest absolute Gasteiger partial charge is 0.251 e. The number of halogens is 1. The second kappa shape index (κ2) is 7.59. The lowest BCUT2D eigenvalue weighted by Gasteiger charge is -2.19. The molecule has 2 aromatic heterocycles. The number of hydrogen-bond donors (Lipinski definition) is 2. The van der Waals surface area contributed by atoms with Crippen LogP contribution < -0.4 is 11.1 Å². The Kier molecular flexibility index (Phi) is 5.27. The fraction of sp³-hybridized carbons (Fsp3) is 0.222. The van der Waals surface area contributed by atoms with Crippen molar-refractivity contribution in [3.63, 3.8) is 0 Å². The van der Waals surface area contributed by atoms with E-state index >= 15 is 0 Å². The summed E-state index contributed by atoms with van der Waals surface area (Å²) in [6, 6.07) is 13.5. The molecular weight excluding hydrogens is 368 g/mol. The molecule has 1 amide bonds. The molecule has 1 unspecified atom stereocenters. The first-order chi connectivity index (χ1) is 11.7. The van der Waals surface area contributed by atoms with Crippen LogP contribution in [0.2, 0.25) is 0 Å². The molecule has 3 rings (SSSR count). The molecule has 1 atom stereocenters. The Morgan fingerprint density at radius 3 is 2.83 bits per heavy atom. The SMILES string of the molecule is NCCCC(NC(=O)c1ccn2ncc(Br)c2c1)c1ccccc1. The largest absolute Gasteiger partial charge is 0.345 e. The van der Waals surface area contributed by atoms with Crippen molar-refractivity contribution in [3.05, 3.63) is 70.5 Å². The zero-order valence-corrected chi connectivity index (χ0v) is 14.7. The van der Waals surface area contributed by atoms with Crippen LogP contribution in [-0.4, -0.2) is 22.1 Å². The maximum Gasteiger partial charge on any atom is 0.251 e. The first kappa shape index (κ1) is 16.7. The molecule has 0 bridgehead atoms. The topological polar surface area (TPSA) is 72.4 Å². The molecule has 0 saturated heterocycles. The molecule has 0 saturated carbocycles. The van der Waals surface area contributed by atoms with Gasteiger partial charge in [-0.2, -0.15) is 5.10 Å². The fourth-order valence-corrected chi connectivity index (χ4v) is 3.05. The second-order valence-electron chi connectivity index (χ2n) is 5.61. The van der Waals surface area contributed by atoms with Gasteiger partial charge in [0.2, 0.25) is 0 Å². The monoisotopic (exact) mass is 386 g/mol. The average Bonchev–Trinajstić information content (AvgIpc) is 2.99. The molecule has 1 aromatic carbocycles. The molecule has 24 heavy (non-hydrogen) atoms. The lowest BCUT2D eigenvalue weighted by atomic mass is 10.0. The van der Waals surface area contributed by atoms with Gasteiger partial charge in [0.05, 0.1) is 22.2 Å². The molecule has 124 valence electrons. The average molecular weight is 387 g/mol. The summed E-state index contributed by atoms with van der Waals surface area (Å²) >= 11 is 3.44. The van der Waals surface area contributed by atoms with E-state index in [9.17, 15) is 4.79 Å². The van der Waals surface area contributed by atoms with Crippen LogP contribution >= 0.6 is 15.9 Å². The van der Waals surface area contributed by atoms with Crippen LogP contribution in [0.3, 0.4) is 0 Å². The summed E-state index contributed by atoms with van der Waals surface area (Å²) in [6.07, 6.45) is 5.16. The number of nitrogens with two attached hydrogens (primary N) is 1. The highest BCUT2D eigenvalue weighted by atomic mass is 79.9. The Hall–Kier alpha value is -2.18. The third-order valence-electron chi connectivity index (χ3n) is 3.94. The van der Waals surface area contributed by atoms with Crippen molar-refractivity contribution in [2.45, 2.75) is 18.9 Å². The van der Waals surface area contributed by atoms with Gasteiger partial charge in [0, 0.05) is 11.8 Å². The molecule has 0 aliphatic heterocycles.